The molecule has 0 saturated heterocycles. The molecule has 0 spiro atoms. The van der Waals surface area contributed by atoms with Crippen molar-refractivity contribution in [1.82, 2.24) is 9.55 Å². The molecule has 3 rings (SSSR count). The van der Waals surface area contributed by atoms with E-state index in [4.69, 9.17) is 11.6 Å². The molecule has 1 aromatic heterocycles. The Balaban J connectivity index is 2.12. The van der Waals surface area contributed by atoms with Gasteiger partial charge in [0.2, 0.25) is 0 Å². The summed E-state index contributed by atoms with van der Waals surface area (Å²) in [4.78, 5) is 4.67. The smallest absolute Gasteiger partial charge is 0.123 e. The minimum Gasteiger partial charge on any atom is -0.323 e. The molecular weight excluding hydrogens is 287 g/mol. The predicted molar refractivity (Wildman–Crippen MR) is 84.4 cm³/mol. The first kappa shape index (κ1) is 14.1. The summed E-state index contributed by atoms with van der Waals surface area (Å²) in [6.07, 6.45) is 0.699. The molecule has 108 valence electrons. The molecule has 2 nitrogen and oxygen atoms in total. The van der Waals surface area contributed by atoms with Crippen molar-refractivity contribution in [1.29, 1.82) is 0 Å². The van der Waals surface area contributed by atoms with Crippen LogP contribution in [0.5, 0.6) is 0 Å². The average Bonchev–Trinajstić information content (AvgIpc) is 2.79. The van der Waals surface area contributed by atoms with E-state index in [2.05, 4.69) is 22.5 Å². The third-order valence-electron chi connectivity index (χ3n) is 3.60. The first-order chi connectivity index (χ1) is 10.2. The van der Waals surface area contributed by atoms with Crippen LogP contribution < -0.4 is 0 Å². The maximum atomic E-state index is 13.4. The van der Waals surface area contributed by atoms with Gasteiger partial charge < -0.3 is 4.57 Å². The van der Waals surface area contributed by atoms with Gasteiger partial charge in [-0.25, -0.2) is 9.37 Å². The molecular formula is C17H16ClFN2. The van der Waals surface area contributed by atoms with Crippen LogP contribution in [0.1, 0.15) is 17.0 Å². The summed E-state index contributed by atoms with van der Waals surface area (Å²) >= 11 is 5.89. The lowest BCUT2D eigenvalue weighted by atomic mass is 10.2. The normalized spacial score (nSPS) is 11.2. The highest BCUT2D eigenvalue weighted by molar-refractivity contribution is 6.17. The number of nitrogens with zero attached hydrogens (tertiary/aromatic N) is 2. The molecule has 0 aliphatic carbocycles. The number of imidazole rings is 1. The molecule has 2 aromatic carbocycles. The molecule has 0 N–H and O–H groups in total. The zero-order valence-corrected chi connectivity index (χ0v) is 12.6. The van der Waals surface area contributed by atoms with Gasteiger partial charge in [-0.15, -0.1) is 11.6 Å². The van der Waals surface area contributed by atoms with Crippen molar-refractivity contribution in [2.75, 3.05) is 5.88 Å². The topological polar surface area (TPSA) is 17.8 Å². The van der Waals surface area contributed by atoms with Crippen molar-refractivity contribution >= 4 is 22.6 Å². The highest BCUT2D eigenvalue weighted by Crippen LogP contribution is 2.22. The highest BCUT2D eigenvalue weighted by Gasteiger charge is 2.12. The molecule has 21 heavy (non-hydrogen) atoms. The van der Waals surface area contributed by atoms with Gasteiger partial charge in [0.25, 0.3) is 0 Å². The number of fused-ring (bicyclic) bond motifs is 1. The summed E-state index contributed by atoms with van der Waals surface area (Å²) in [6.45, 7) is 2.67. The lowest BCUT2D eigenvalue weighted by Gasteiger charge is -2.10. The van der Waals surface area contributed by atoms with Crippen LogP contribution >= 0.6 is 11.6 Å². The van der Waals surface area contributed by atoms with E-state index in [0.717, 1.165) is 28.0 Å². The van der Waals surface area contributed by atoms with Gasteiger partial charge in [-0.05, 0) is 36.2 Å². The zero-order chi connectivity index (χ0) is 14.8. The SMILES string of the molecule is Cc1cccc2nc(CCCl)n(Cc3cccc(F)c3)c12. The summed E-state index contributed by atoms with van der Waals surface area (Å²) in [5.41, 5.74) is 4.15. The van der Waals surface area contributed by atoms with E-state index in [0.29, 0.717) is 18.8 Å². The number of rotatable bonds is 4. The van der Waals surface area contributed by atoms with E-state index in [1.54, 1.807) is 12.1 Å². The van der Waals surface area contributed by atoms with Crippen LogP contribution in [0.3, 0.4) is 0 Å². The number of aromatic nitrogens is 2. The minimum atomic E-state index is -0.215. The molecule has 0 aliphatic heterocycles. The van der Waals surface area contributed by atoms with E-state index in [1.807, 2.05) is 18.2 Å². The molecule has 0 aliphatic rings. The Morgan fingerprint density at radius 3 is 2.76 bits per heavy atom. The molecule has 1 heterocycles. The van der Waals surface area contributed by atoms with Crippen LogP contribution in [0.2, 0.25) is 0 Å². The fourth-order valence-electron chi connectivity index (χ4n) is 2.68. The zero-order valence-electron chi connectivity index (χ0n) is 11.8. The van der Waals surface area contributed by atoms with Gasteiger partial charge in [0.15, 0.2) is 0 Å². The maximum Gasteiger partial charge on any atom is 0.123 e. The van der Waals surface area contributed by atoms with Gasteiger partial charge in [0, 0.05) is 18.8 Å². The van der Waals surface area contributed by atoms with Crippen molar-refractivity contribution in [3.63, 3.8) is 0 Å². The summed E-state index contributed by atoms with van der Waals surface area (Å²) in [5, 5.41) is 0. The molecule has 0 atom stereocenters. The number of halogens is 2. The fraction of sp³-hybridized carbons (Fsp3) is 0.235. The highest BCUT2D eigenvalue weighted by atomic mass is 35.5. The second-order valence-corrected chi connectivity index (χ2v) is 5.50. The number of hydrogen-bond donors (Lipinski definition) is 0. The summed E-state index contributed by atoms with van der Waals surface area (Å²) in [7, 11) is 0. The van der Waals surface area contributed by atoms with E-state index in [9.17, 15) is 4.39 Å². The van der Waals surface area contributed by atoms with Crippen molar-refractivity contribution in [3.05, 3.63) is 65.2 Å². The molecule has 0 radical (unpaired) electrons. The second-order valence-electron chi connectivity index (χ2n) is 5.13. The first-order valence-electron chi connectivity index (χ1n) is 6.94. The van der Waals surface area contributed by atoms with Crippen LogP contribution in [0.25, 0.3) is 11.0 Å². The lowest BCUT2D eigenvalue weighted by Crippen LogP contribution is -2.06. The van der Waals surface area contributed by atoms with Crippen molar-refractivity contribution in [3.8, 4) is 0 Å². The van der Waals surface area contributed by atoms with Crippen LogP contribution in [-0.2, 0) is 13.0 Å². The van der Waals surface area contributed by atoms with E-state index in [-0.39, 0.29) is 5.82 Å². The first-order valence-corrected chi connectivity index (χ1v) is 7.47. The Morgan fingerprint density at radius 1 is 1.19 bits per heavy atom. The van der Waals surface area contributed by atoms with Gasteiger partial charge >= 0.3 is 0 Å². The number of benzene rings is 2. The lowest BCUT2D eigenvalue weighted by molar-refractivity contribution is 0.623. The third kappa shape index (κ3) is 2.79. The van der Waals surface area contributed by atoms with Gasteiger partial charge in [-0.2, -0.15) is 0 Å². The molecule has 0 unspecified atom stereocenters. The average molecular weight is 303 g/mol. The number of hydrogen-bond acceptors (Lipinski definition) is 1. The van der Waals surface area contributed by atoms with E-state index >= 15 is 0 Å². The monoisotopic (exact) mass is 302 g/mol. The van der Waals surface area contributed by atoms with Crippen LogP contribution in [0.15, 0.2) is 42.5 Å². The molecule has 4 heteroatoms. The molecule has 0 amide bonds. The number of para-hydroxylation sites is 1. The Hall–Kier alpha value is -1.87. The summed E-state index contributed by atoms with van der Waals surface area (Å²) in [5.74, 6) is 1.25. The quantitative estimate of drug-likeness (QED) is 0.657. The number of alkyl halides is 1. The van der Waals surface area contributed by atoms with Gasteiger partial charge in [0.05, 0.1) is 11.0 Å². The van der Waals surface area contributed by atoms with Gasteiger partial charge in [0.1, 0.15) is 11.6 Å². The Kier molecular flexibility index (Phi) is 3.93. The fourth-order valence-corrected chi connectivity index (χ4v) is 2.85. The van der Waals surface area contributed by atoms with Crippen LogP contribution in [0, 0.1) is 12.7 Å². The predicted octanol–water partition coefficient (Wildman–Crippen LogP) is 4.31. The van der Waals surface area contributed by atoms with Crippen molar-refractivity contribution in [2.24, 2.45) is 0 Å². The molecule has 0 saturated carbocycles. The van der Waals surface area contributed by atoms with Gasteiger partial charge in [-0.1, -0.05) is 24.3 Å². The Labute approximate surface area is 128 Å². The Morgan fingerprint density at radius 2 is 2.00 bits per heavy atom. The molecule has 3 aromatic rings. The molecule has 0 bridgehead atoms. The maximum absolute atomic E-state index is 13.4. The van der Waals surface area contributed by atoms with Crippen LogP contribution in [-0.4, -0.2) is 15.4 Å². The van der Waals surface area contributed by atoms with Crippen molar-refractivity contribution in [2.45, 2.75) is 19.9 Å². The third-order valence-corrected chi connectivity index (χ3v) is 3.78. The standard InChI is InChI=1S/C17H16ClFN2/c1-12-4-2-7-15-17(12)21(16(20-15)8-9-18)11-13-5-3-6-14(19)10-13/h2-7,10H,8-9,11H2,1H3. The van der Waals surface area contributed by atoms with E-state index in [1.165, 1.54) is 6.07 Å². The molecule has 0 fully saturated rings. The Bertz CT molecular complexity index is 780. The minimum absolute atomic E-state index is 0.215. The summed E-state index contributed by atoms with van der Waals surface area (Å²) in [6, 6.07) is 12.8. The van der Waals surface area contributed by atoms with Crippen molar-refractivity contribution < 1.29 is 4.39 Å². The summed E-state index contributed by atoms with van der Waals surface area (Å²) < 4.78 is 15.5. The van der Waals surface area contributed by atoms with Crippen LogP contribution in [0.4, 0.5) is 4.39 Å². The largest absolute Gasteiger partial charge is 0.323 e. The van der Waals surface area contributed by atoms with Gasteiger partial charge in [-0.3, -0.25) is 0 Å². The second kappa shape index (κ2) is 5.86. The van der Waals surface area contributed by atoms with E-state index < -0.39 is 0 Å². The number of aryl methyl sites for hydroxylation is 2.